The molecular formula is C19H30N2O4. The lowest BCUT2D eigenvalue weighted by Gasteiger charge is -2.25. The molecule has 0 aromatic heterocycles. The van der Waals surface area contributed by atoms with E-state index in [2.05, 4.69) is 10.6 Å². The molecule has 2 N–H and O–H groups in total. The van der Waals surface area contributed by atoms with Gasteiger partial charge in [-0.1, -0.05) is 27.7 Å². The largest absolute Gasteiger partial charge is 0.497 e. The number of rotatable bonds is 8. The lowest BCUT2D eigenvalue weighted by atomic mass is 10.0. The first-order chi connectivity index (χ1) is 11.7. The molecule has 0 aliphatic rings. The van der Waals surface area contributed by atoms with Crippen LogP contribution < -0.4 is 20.1 Å². The van der Waals surface area contributed by atoms with Gasteiger partial charge in [-0.05, 0) is 30.9 Å². The number of nitrogens with one attached hydrogen (secondary N) is 2. The fraction of sp³-hybridized carbons (Fsp3) is 0.579. The molecule has 6 nitrogen and oxygen atoms in total. The molecule has 0 aliphatic heterocycles. The van der Waals surface area contributed by atoms with Crippen LogP contribution in [0.3, 0.4) is 0 Å². The minimum absolute atomic E-state index is 0.0302. The third-order valence-electron chi connectivity index (χ3n) is 4.22. The van der Waals surface area contributed by atoms with Gasteiger partial charge in [0.15, 0.2) is 0 Å². The van der Waals surface area contributed by atoms with Crippen molar-refractivity contribution in [1.82, 2.24) is 10.6 Å². The predicted octanol–water partition coefficient (Wildman–Crippen LogP) is 2.62. The minimum Gasteiger partial charge on any atom is -0.497 e. The van der Waals surface area contributed by atoms with Crippen molar-refractivity contribution in [2.24, 2.45) is 11.8 Å². The van der Waals surface area contributed by atoms with Gasteiger partial charge in [0.1, 0.15) is 17.5 Å². The van der Waals surface area contributed by atoms with Crippen molar-refractivity contribution in [1.29, 1.82) is 0 Å². The molecule has 140 valence electrons. The van der Waals surface area contributed by atoms with E-state index in [-0.39, 0.29) is 23.8 Å². The van der Waals surface area contributed by atoms with E-state index in [1.807, 2.05) is 34.6 Å². The summed E-state index contributed by atoms with van der Waals surface area (Å²) in [7, 11) is 3.04. The van der Waals surface area contributed by atoms with E-state index in [0.29, 0.717) is 23.0 Å². The van der Waals surface area contributed by atoms with Gasteiger partial charge in [0.25, 0.3) is 5.91 Å². The van der Waals surface area contributed by atoms with Gasteiger partial charge >= 0.3 is 0 Å². The van der Waals surface area contributed by atoms with Crippen LogP contribution in [0.2, 0.25) is 0 Å². The zero-order valence-corrected chi connectivity index (χ0v) is 16.2. The topological polar surface area (TPSA) is 76.7 Å². The van der Waals surface area contributed by atoms with Gasteiger partial charge in [-0.3, -0.25) is 9.59 Å². The molecule has 0 aliphatic carbocycles. The Bertz CT molecular complexity index is 577. The van der Waals surface area contributed by atoms with Crippen molar-refractivity contribution in [2.45, 2.75) is 46.7 Å². The number of hydrogen-bond donors (Lipinski definition) is 2. The van der Waals surface area contributed by atoms with Gasteiger partial charge in [0, 0.05) is 17.7 Å². The molecule has 0 saturated heterocycles. The van der Waals surface area contributed by atoms with Gasteiger partial charge in [0.05, 0.1) is 14.2 Å². The van der Waals surface area contributed by atoms with Crippen LogP contribution in [0, 0.1) is 11.8 Å². The molecule has 0 fully saturated rings. The molecule has 25 heavy (non-hydrogen) atoms. The summed E-state index contributed by atoms with van der Waals surface area (Å²) in [5.41, 5.74) is 0.381. The lowest BCUT2D eigenvalue weighted by molar-refractivity contribution is -0.124. The third-order valence-corrected chi connectivity index (χ3v) is 4.22. The first kappa shape index (κ1) is 20.8. The molecule has 0 radical (unpaired) electrons. The highest BCUT2D eigenvalue weighted by molar-refractivity contribution is 5.98. The van der Waals surface area contributed by atoms with Crippen LogP contribution in [0.1, 0.15) is 45.0 Å². The SMILES string of the molecule is COc1cc(OC)cc(C(=O)NC(C(=O)NC(C)C(C)C)C(C)C)c1. The van der Waals surface area contributed by atoms with E-state index >= 15 is 0 Å². The van der Waals surface area contributed by atoms with E-state index < -0.39 is 6.04 Å². The lowest BCUT2D eigenvalue weighted by Crippen LogP contribution is -2.52. The monoisotopic (exact) mass is 350 g/mol. The van der Waals surface area contributed by atoms with Crippen molar-refractivity contribution in [3.05, 3.63) is 23.8 Å². The summed E-state index contributed by atoms with van der Waals surface area (Å²) in [4.78, 5) is 25.2. The number of ether oxygens (including phenoxy) is 2. The maximum Gasteiger partial charge on any atom is 0.252 e. The van der Waals surface area contributed by atoms with Gasteiger partial charge in [-0.15, -0.1) is 0 Å². The van der Waals surface area contributed by atoms with Crippen LogP contribution in [0.4, 0.5) is 0 Å². The van der Waals surface area contributed by atoms with Crippen LogP contribution in [-0.4, -0.2) is 38.1 Å². The standard InChI is InChI=1S/C19H30N2O4/c1-11(2)13(5)20-19(23)17(12(3)4)21-18(22)14-8-15(24-6)10-16(9-14)25-7/h8-13,17H,1-7H3,(H,20,23)(H,21,22). The molecule has 1 rings (SSSR count). The van der Waals surface area contributed by atoms with E-state index in [4.69, 9.17) is 9.47 Å². The minimum atomic E-state index is -0.620. The first-order valence-corrected chi connectivity index (χ1v) is 8.53. The summed E-state index contributed by atoms with van der Waals surface area (Å²) in [6.45, 7) is 9.83. The maximum atomic E-state index is 12.6. The Morgan fingerprint density at radius 2 is 1.36 bits per heavy atom. The molecule has 1 aromatic carbocycles. The molecule has 2 amide bonds. The van der Waals surface area contributed by atoms with Crippen LogP contribution >= 0.6 is 0 Å². The average molecular weight is 350 g/mol. The van der Waals surface area contributed by atoms with Gasteiger partial charge < -0.3 is 20.1 Å². The Morgan fingerprint density at radius 1 is 0.840 bits per heavy atom. The van der Waals surface area contributed by atoms with E-state index in [0.717, 1.165) is 0 Å². The van der Waals surface area contributed by atoms with E-state index in [9.17, 15) is 9.59 Å². The number of carbonyl (C=O) groups excluding carboxylic acids is 2. The Kier molecular flexibility index (Phi) is 7.74. The number of methoxy groups -OCH3 is 2. The zero-order valence-electron chi connectivity index (χ0n) is 16.2. The average Bonchev–Trinajstić information content (AvgIpc) is 2.58. The molecule has 0 heterocycles. The predicted molar refractivity (Wildman–Crippen MR) is 98.1 cm³/mol. The molecule has 2 unspecified atom stereocenters. The zero-order chi connectivity index (χ0) is 19.1. The van der Waals surface area contributed by atoms with E-state index in [1.54, 1.807) is 18.2 Å². The van der Waals surface area contributed by atoms with Gasteiger partial charge in [-0.25, -0.2) is 0 Å². The van der Waals surface area contributed by atoms with Crippen LogP contribution in [0.25, 0.3) is 0 Å². The highest BCUT2D eigenvalue weighted by Gasteiger charge is 2.26. The summed E-state index contributed by atoms with van der Waals surface area (Å²) in [5.74, 6) is 0.778. The van der Waals surface area contributed by atoms with E-state index in [1.165, 1.54) is 14.2 Å². The van der Waals surface area contributed by atoms with Crippen molar-refractivity contribution in [2.75, 3.05) is 14.2 Å². The van der Waals surface area contributed by atoms with Crippen molar-refractivity contribution >= 4 is 11.8 Å². The number of benzene rings is 1. The van der Waals surface area contributed by atoms with Gasteiger partial charge in [0.2, 0.25) is 5.91 Å². The molecule has 0 saturated carbocycles. The Balaban J connectivity index is 2.95. The van der Waals surface area contributed by atoms with Gasteiger partial charge in [-0.2, -0.15) is 0 Å². The second-order valence-corrected chi connectivity index (χ2v) is 6.84. The first-order valence-electron chi connectivity index (χ1n) is 8.53. The van der Waals surface area contributed by atoms with Crippen LogP contribution in [0.15, 0.2) is 18.2 Å². The van der Waals surface area contributed by atoms with Crippen molar-refractivity contribution < 1.29 is 19.1 Å². The highest BCUT2D eigenvalue weighted by atomic mass is 16.5. The molecule has 0 spiro atoms. The summed E-state index contributed by atoms with van der Waals surface area (Å²) < 4.78 is 10.4. The summed E-state index contributed by atoms with van der Waals surface area (Å²) in [6, 6.07) is 4.33. The fourth-order valence-electron chi connectivity index (χ4n) is 2.18. The smallest absolute Gasteiger partial charge is 0.252 e. The summed E-state index contributed by atoms with van der Waals surface area (Å²) in [5, 5.41) is 5.78. The summed E-state index contributed by atoms with van der Waals surface area (Å²) >= 11 is 0. The molecule has 0 bridgehead atoms. The second-order valence-electron chi connectivity index (χ2n) is 6.84. The maximum absolute atomic E-state index is 12.6. The number of hydrogen-bond acceptors (Lipinski definition) is 4. The quantitative estimate of drug-likeness (QED) is 0.756. The molecular weight excluding hydrogens is 320 g/mol. The molecule has 6 heteroatoms. The Hall–Kier alpha value is -2.24. The highest BCUT2D eigenvalue weighted by Crippen LogP contribution is 2.22. The molecule has 2 atom stereocenters. The fourth-order valence-corrected chi connectivity index (χ4v) is 2.18. The Morgan fingerprint density at radius 3 is 1.76 bits per heavy atom. The van der Waals surface area contributed by atoms with Crippen molar-refractivity contribution in [3.8, 4) is 11.5 Å². The Labute approximate surface area is 150 Å². The number of amides is 2. The normalized spacial score (nSPS) is 13.3. The third kappa shape index (κ3) is 5.96. The van der Waals surface area contributed by atoms with Crippen LogP contribution in [0.5, 0.6) is 11.5 Å². The van der Waals surface area contributed by atoms with Crippen molar-refractivity contribution in [3.63, 3.8) is 0 Å². The number of carbonyl (C=O) groups is 2. The second kappa shape index (κ2) is 9.30. The van der Waals surface area contributed by atoms with Crippen LogP contribution in [-0.2, 0) is 4.79 Å². The molecule has 1 aromatic rings. The summed E-state index contributed by atoms with van der Waals surface area (Å²) in [6.07, 6.45) is 0.